The van der Waals surface area contributed by atoms with E-state index in [0.29, 0.717) is 39.2 Å². The van der Waals surface area contributed by atoms with Crippen LogP contribution in [0.3, 0.4) is 0 Å². The second-order valence-corrected chi connectivity index (χ2v) is 7.31. The van der Waals surface area contributed by atoms with Gasteiger partial charge in [0.25, 0.3) is 5.91 Å². The molecule has 1 aliphatic rings. The molecule has 4 N–H and O–H groups in total. The molecule has 9 nitrogen and oxygen atoms in total. The lowest BCUT2D eigenvalue weighted by Gasteiger charge is -2.35. The monoisotopic (exact) mass is 430 g/mol. The van der Waals surface area contributed by atoms with Crippen LogP contribution in [0.5, 0.6) is 5.75 Å². The summed E-state index contributed by atoms with van der Waals surface area (Å²) in [4.78, 5) is 32.7. The summed E-state index contributed by atoms with van der Waals surface area (Å²) in [7, 11) is 1.53. The van der Waals surface area contributed by atoms with E-state index in [4.69, 9.17) is 9.84 Å². The first-order valence-electron chi connectivity index (χ1n) is 9.72. The van der Waals surface area contributed by atoms with Crippen molar-refractivity contribution in [2.45, 2.75) is 5.72 Å². The number of amides is 2. The van der Waals surface area contributed by atoms with Crippen LogP contribution in [0.25, 0.3) is 11.0 Å². The number of H-pyrrole nitrogens is 1. The summed E-state index contributed by atoms with van der Waals surface area (Å²) in [5.74, 6) is 0.250. The van der Waals surface area contributed by atoms with E-state index in [1.54, 1.807) is 66.7 Å². The first-order valence-corrected chi connectivity index (χ1v) is 9.72. The van der Waals surface area contributed by atoms with Crippen molar-refractivity contribution in [1.29, 1.82) is 0 Å². The highest BCUT2D eigenvalue weighted by Gasteiger charge is 2.50. The third-order valence-corrected chi connectivity index (χ3v) is 5.48. The number of fused-ring (bicyclic) bond motifs is 2. The van der Waals surface area contributed by atoms with Gasteiger partial charge in [0.15, 0.2) is 5.72 Å². The van der Waals surface area contributed by atoms with E-state index >= 15 is 0 Å². The molecule has 1 unspecified atom stereocenters. The molecule has 160 valence electrons. The topological polar surface area (TPSA) is 128 Å². The molecule has 0 bridgehead atoms. The zero-order chi connectivity index (χ0) is 22.5. The van der Waals surface area contributed by atoms with Gasteiger partial charge in [-0.05, 0) is 30.3 Å². The van der Waals surface area contributed by atoms with Gasteiger partial charge in [-0.25, -0.2) is 9.78 Å². The number of aromatic amines is 1. The molecule has 1 atom stereocenters. The van der Waals surface area contributed by atoms with Crippen LogP contribution in [-0.2, 0) is 5.72 Å². The number of nitrogens with one attached hydrogen (secondary N) is 2. The molecular weight excluding hydrogens is 412 g/mol. The summed E-state index contributed by atoms with van der Waals surface area (Å²) < 4.78 is 5.30. The molecule has 9 heteroatoms. The van der Waals surface area contributed by atoms with Gasteiger partial charge >= 0.3 is 6.09 Å². The Balaban J connectivity index is 1.71. The molecule has 0 fully saturated rings. The fourth-order valence-electron chi connectivity index (χ4n) is 4.09. The van der Waals surface area contributed by atoms with Crippen molar-refractivity contribution in [3.8, 4) is 5.75 Å². The molecule has 0 radical (unpaired) electrons. The number of hydrogen-bond acceptors (Lipinski definition) is 5. The number of ether oxygens (including phenoxy) is 1. The van der Waals surface area contributed by atoms with E-state index in [-0.39, 0.29) is 11.9 Å². The maximum absolute atomic E-state index is 13.4. The highest BCUT2D eigenvalue weighted by molar-refractivity contribution is 6.12. The lowest BCUT2D eigenvalue weighted by molar-refractivity contribution is 0.0704. The molecule has 0 saturated carbocycles. The van der Waals surface area contributed by atoms with Crippen LogP contribution in [0.4, 0.5) is 16.4 Å². The van der Waals surface area contributed by atoms with E-state index in [1.165, 1.54) is 12.0 Å². The molecule has 0 aliphatic carbocycles. The Morgan fingerprint density at radius 2 is 1.94 bits per heavy atom. The fourth-order valence-corrected chi connectivity index (χ4v) is 4.09. The van der Waals surface area contributed by atoms with Crippen LogP contribution < -0.4 is 15.0 Å². The van der Waals surface area contributed by atoms with E-state index in [9.17, 15) is 14.7 Å². The van der Waals surface area contributed by atoms with Gasteiger partial charge in [0.1, 0.15) is 5.75 Å². The normalized spacial score (nSPS) is 17.4. The number of benzene rings is 3. The molecule has 0 spiro atoms. The standard InChI is InChI=1S/C23H18N4O5/c1-32-15-6-4-5-14(12-15)27-20(28)16-7-2-3-8-17(16)23(27,31)13-9-10-18-19(11-13)25-21(24-18)26-22(29)30/h2-12,31H,1H3,(H,29,30)(H2,24,25,26). The zero-order valence-electron chi connectivity index (χ0n) is 16.9. The number of nitrogens with zero attached hydrogens (tertiary/aromatic N) is 2. The number of anilines is 2. The van der Waals surface area contributed by atoms with E-state index in [2.05, 4.69) is 15.3 Å². The van der Waals surface area contributed by atoms with Crippen molar-refractivity contribution >= 4 is 34.7 Å². The summed E-state index contributed by atoms with van der Waals surface area (Å²) >= 11 is 0. The molecule has 2 heterocycles. The van der Waals surface area contributed by atoms with Gasteiger partial charge in [-0.15, -0.1) is 0 Å². The third-order valence-electron chi connectivity index (χ3n) is 5.48. The smallest absolute Gasteiger partial charge is 0.411 e. The quantitative estimate of drug-likeness (QED) is 0.392. The van der Waals surface area contributed by atoms with Gasteiger partial charge in [0, 0.05) is 22.8 Å². The number of methoxy groups -OCH3 is 1. The molecule has 32 heavy (non-hydrogen) atoms. The van der Waals surface area contributed by atoms with Crippen LogP contribution in [0, 0.1) is 0 Å². The van der Waals surface area contributed by atoms with Crippen molar-refractivity contribution < 1.29 is 24.5 Å². The molecule has 4 aromatic rings. The number of hydrogen-bond donors (Lipinski definition) is 4. The molecular formula is C23H18N4O5. The maximum atomic E-state index is 13.4. The van der Waals surface area contributed by atoms with E-state index < -0.39 is 11.8 Å². The zero-order valence-corrected chi connectivity index (χ0v) is 16.9. The Morgan fingerprint density at radius 3 is 2.72 bits per heavy atom. The SMILES string of the molecule is COc1cccc(N2C(=O)c3ccccc3C2(O)c2ccc3nc(NC(=O)O)[nH]c3c2)c1. The van der Waals surface area contributed by atoms with E-state index in [0.717, 1.165) is 0 Å². The largest absolute Gasteiger partial charge is 0.497 e. The average Bonchev–Trinajstić information content (AvgIpc) is 3.29. The van der Waals surface area contributed by atoms with Crippen LogP contribution >= 0.6 is 0 Å². The Bertz CT molecular complexity index is 1380. The van der Waals surface area contributed by atoms with Gasteiger partial charge in [0.2, 0.25) is 5.95 Å². The van der Waals surface area contributed by atoms with Crippen LogP contribution in [0.1, 0.15) is 21.5 Å². The van der Waals surface area contributed by atoms with Gasteiger partial charge in [-0.3, -0.25) is 15.0 Å². The average molecular weight is 430 g/mol. The predicted octanol–water partition coefficient (Wildman–Crippen LogP) is 3.52. The number of rotatable bonds is 4. The van der Waals surface area contributed by atoms with Crippen LogP contribution in [-0.4, -0.2) is 39.3 Å². The second kappa shape index (κ2) is 7.10. The minimum atomic E-state index is -1.81. The highest BCUT2D eigenvalue weighted by atomic mass is 16.5. The van der Waals surface area contributed by atoms with Crippen LogP contribution in [0.2, 0.25) is 0 Å². The van der Waals surface area contributed by atoms with Gasteiger partial charge in [0.05, 0.1) is 23.8 Å². The van der Waals surface area contributed by atoms with Gasteiger partial charge in [-0.1, -0.05) is 30.3 Å². The summed E-state index contributed by atoms with van der Waals surface area (Å²) in [5.41, 5.74) is 0.905. The Morgan fingerprint density at radius 1 is 1.12 bits per heavy atom. The summed E-state index contributed by atoms with van der Waals surface area (Å²) in [6.45, 7) is 0. The first-order chi connectivity index (χ1) is 15.4. The highest BCUT2D eigenvalue weighted by Crippen LogP contribution is 2.45. The van der Waals surface area contributed by atoms with Crippen LogP contribution in [0.15, 0.2) is 66.7 Å². The lowest BCUT2D eigenvalue weighted by Crippen LogP contribution is -2.45. The summed E-state index contributed by atoms with van der Waals surface area (Å²) in [5, 5.41) is 23.2. The summed E-state index contributed by atoms with van der Waals surface area (Å²) in [6.07, 6.45) is -1.25. The second-order valence-electron chi connectivity index (χ2n) is 7.31. The maximum Gasteiger partial charge on any atom is 0.411 e. The van der Waals surface area contributed by atoms with Crippen molar-refractivity contribution in [3.05, 3.63) is 83.4 Å². The first kappa shape index (κ1) is 19.6. The van der Waals surface area contributed by atoms with Crippen molar-refractivity contribution in [2.24, 2.45) is 0 Å². The third kappa shape index (κ3) is 2.87. The Labute approximate surface area is 181 Å². The van der Waals surface area contributed by atoms with Crippen molar-refractivity contribution in [3.63, 3.8) is 0 Å². The number of carbonyl (C=O) groups excluding carboxylic acids is 1. The molecule has 2 amide bonds. The summed E-state index contributed by atoms with van der Waals surface area (Å²) in [6, 6.07) is 18.8. The number of carbonyl (C=O) groups is 2. The molecule has 0 saturated heterocycles. The number of imidazole rings is 1. The fraction of sp³-hybridized carbons (Fsp3) is 0.0870. The number of aromatic nitrogens is 2. The minimum Gasteiger partial charge on any atom is -0.497 e. The van der Waals surface area contributed by atoms with Crippen molar-refractivity contribution in [1.82, 2.24) is 9.97 Å². The molecule has 3 aromatic carbocycles. The van der Waals surface area contributed by atoms with Gasteiger partial charge < -0.3 is 19.9 Å². The molecule has 1 aromatic heterocycles. The predicted molar refractivity (Wildman–Crippen MR) is 117 cm³/mol. The Kier molecular flexibility index (Phi) is 4.35. The van der Waals surface area contributed by atoms with Gasteiger partial charge in [-0.2, -0.15) is 0 Å². The molecule has 5 rings (SSSR count). The Hall–Kier alpha value is -4.37. The van der Waals surface area contributed by atoms with E-state index in [1.807, 2.05) is 0 Å². The number of aliphatic hydroxyl groups is 1. The van der Waals surface area contributed by atoms with Crippen molar-refractivity contribution in [2.75, 3.05) is 17.3 Å². The lowest BCUT2D eigenvalue weighted by atomic mass is 9.93. The minimum absolute atomic E-state index is 0.0594. The number of carboxylic acid groups (broad SMARTS) is 1. The molecule has 1 aliphatic heterocycles.